The third-order valence-corrected chi connectivity index (χ3v) is 8.88. The zero-order chi connectivity index (χ0) is 23.1. The van der Waals surface area contributed by atoms with Crippen LogP contribution in [0.25, 0.3) is 10.9 Å². The van der Waals surface area contributed by atoms with Crippen LogP contribution >= 0.6 is 11.6 Å². The molecule has 6 heteroatoms. The standard InChI is InChI=1S/C28H24ClN3O2/c1-15-22(17-7-3-5-9-24(17)31(15)14-16-6-2-4-8-23(16)29)13-30-32-27(33)25-18-10-11-19(21-12-20(18)21)26(25)28(32)34/h2-11,13,18-21,25-26H,12,14H2,1H3. The van der Waals surface area contributed by atoms with Crippen molar-refractivity contribution >= 4 is 40.5 Å². The van der Waals surface area contributed by atoms with E-state index in [1.54, 1.807) is 6.21 Å². The number of benzene rings is 2. The second kappa shape index (κ2) is 7.16. The molecule has 2 bridgehead atoms. The Morgan fingerprint density at radius 3 is 2.32 bits per heavy atom. The third kappa shape index (κ3) is 2.70. The summed E-state index contributed by atoms with van der Waals surface area (Å²) in [6.45, 7) is 2.67. The van der Waals surface area contributed by atoms with E-state index in [0.717, 1.165) is 44.2 Å². The first kappa shape index (κ1) is 20.2. The molecule has 3 fully saturated rings. The van der Waals surface area contributed by atoms with Gasteiger partial charge in [-0.2, -0.15) is 10.1 Å². The summed E-state index contributed by atoms with van der Waals surface area (Å²) < 4.78 is 2.21. The monoisotopic (exact) mass is 469 g/mol. The van der Waals surface area contributed by atoms with Gasteiger partial charge in [-0.25, -0.2) is 0 Å². The molecule has 2 saturated carbocycles. The fourth-order valence-corrected chi connectivity index (χ4v) is 6.99. The molecule has 1 aliphatic heterocycles. The first-order valence-electron chi connectivity index (χ1n) is 12.0. The third-order valence-electron chi connectivity index (χ3n) is 8.51. The van der Waals surface area contributed by atoms with Gasteiger partial charge in [0.25, 0.3) is 11.8 Å². The summed E-state index contributed by atoms with van der Waals surface area (Å²) in [5.41, 5.74) is 4.04. The Labute approximate surface area is 202 Å². The quantitative estimate of drug-likeness (QED) is 0.305. The largest absolute Gasteiger partial charge is 0.340 e. The molecule has 2 aromatic carbocycles. The molecule has 4 aliphatic carbocycles. The number of hydrogen-bond acceptors (Lipinski definition) is 3. The number of carbonyl (C=O) groups excluding carboxylic acids is 2. The van der Waals surface area contributed by atoms with Gasteiger partial charge in [0.15, 0.2) is 0 Å². The molecule has 5 nitrogen and oxygen atoms in total. The van der Waals surface area contributed by atoms with Gasteiger partial charge in [0.05, 0.1) is 18.1 Å². The predicted molar refractivity (Wildman–Crippen MR) is 131 cm³/mol. The first-order chi connectivity index (χ1) is 16.5. The minimum atomic E-state index is -0.230. The van der Waals surface area contributed by atoms with Crippen LogP contribution < -0.4 is 0 Å². The molecule has 5 aliphatic rings. The normalized spacial score (nSPS) is 31.1. The smallest absolute Gasteiger partial charge is 0.254 e. The van der Waals surface area contributed by atoms with Crippen molar-refractivity contribution in [2.75, 3.05) is 0 Å². The SMILES string of the molecule is Cc1c(C=NN2C(=O)C3C4C=CC(C5CC45)C3C2=O)c2ccccc2n1Cc1ccccc1Cl. The maximum absolute atomic E-state index is 13.3. The molecule has 34 heavy (non-hydrogen) atoms. The van der Waals surface area contributed by atoms with Gasteiger partial charge in [0, 0.05) is 33.7 Å². The van der Waals surface area contributed by atoms with E-state index >= 15 is 0 Å². The zero-order valence-electron chi connectivity index (χ0n) is 18.8. The van der Waals surface area contributed by atoms with Crippen molar-refractivity contribution in [2.24, 2.45) is 40.6 Å². The Bertz CT molecular complexity index is 1400. The molecule has 3 aromatic rings. The molecule has 2 heterocycles. The van der Waals surface area contributed by atoms with Crippen molar-refractivity contribution in [3.63, 3.8) is 0 Å². The minimum absolute atomic E-state index is 0.131. The molecule has 170 valence electrons. The number of halogens is 1. The fraction of sp³-hybridized carbons (Fsp3) is 0.321. The summed E-state index contributed by atoms with van der Waals surface area (Å²) in [6.07, 6.45) is 7.23. The van der Waals surface area contributed by atoms with E-state index in [-0.39, 0.29) is 35.5 Å². The van der Waals surface area contributed by atoms with Gasteiger partial charge in [-0.1, -0.05) is 60.2 Å². The second-order valence-corrected chi connectivity index (χ2v) is 10.5. The van der Waals surface area contributed by atoms with Gasteiger partial charge in [-0.3, -0.25) is 9.59 Å². The molecule has 8 rings (SSSR count). The lowest BCUT2D eigenvalue weighted by Gasteiger charge is -2.37. The van der Waals surface area contributed by atoms with Crippen LogP contribution in [0.15, 0.2) is 65.8 Å². The van der Waals surface area contributed by atoms with E-state index in [2.05, 4.69) is 34.0 Å². The number of hydrazone groups is 1. The topological polar surface area (TPSA) is 54.7 Å². The number of aromatic nitrogens is 1. The van der Waals surface area contributed by atoms with Gasteiger partial charge in [0.1, 0.15) is 0 Å². The van der Waals surface area contributed by atoms with Crippen LogP contribution in [0.1, 0.15) is 23.2 Å². The number of rotatable bonds is 4. The summed E-state index contributed by atoms with van der Waals surface area (Å²) in [7, 11) is 0. The Morgan fingerprint density at radius 2 is 1.62 bits per heavy atom. The van der Waals surface area contributed by atoms with Gasteiger partial charge in [-0.05, 0) is 54.7 Å². The highest BCUT2D eigenvalue weighted by Gasteiger charge is 2.67. The fourth-order valence-electron chi connectivity index (χ4n) is 6.79. The van der Waals surface area contributed by atoms with E-state index in [1.807, 2.05) is 43.3 Å². The maximum atomic E-state index is 13.3. The number of para-hydroxylation sites is 1. The van der Waals surface area contributed by atoms with Gasteiger partial charge < -0.3 is 4.57 Å². The number of carbonyl (C=O) groups is 2. The second-order valence-electron chi connectivity index (χ2n) is 10.1. The van der Waals surface area contributed by atoms with Crippen LogP contribution in [0.4, 0.5) is 0 Å². The first-order valence-corrected chi connectivity index (χ1v) is 12.3. The van der Waals surface area contributed by atoms with Crippen molar-refractivity contribution < 1.29 is 9.59 Å². The van der Waals surface area contributed by atoms with E-state index in [1.165, 1.54) is 0 Å². The Kier molecular flexibility index (Phi) is 4.26. The number of allylic oxidation sites excluding steroid dienone is 2. The summed E-state index contributed by atoms with van der Waals surface area (Å²) >= 11 is 6.44. The van der Waals surface area contributed by atoms with Crippen molar-refractivity contribution in [1.82, 2.24) is 9.58 Å². The lowest BCUT2D eigenvalue weighted by Crippen LogP contribution is -2.40. The molecule has 1 saturated heterocycles. The highest BCUT2D eigenvalue weighted by atomic mass is 35.5. The van der Waals surface area contributed by atoms with E-state index in [4.69, 9.17) is 11.6 Å². The summed E-state index contributed by atoms with van der Waals surface area (Å²) in [6, 6.07) is 16.0. The number of nitrogens with zero attached hydrogens (tertiary/aromatic N) is 3. The number of amides is 2. The van der Waals surface area contributed by atoms with Crippen LogP contribution in [0.3, 0.4) is 0 Å². The zero-order valence-corrected chi connectivity index (χ0v) is 19.5. The molecular formula is C28H24ClN3O2. The average Bonchev–Trinajstić information content (AvgIpc) is 3.59. The molecule has 6 unspecified atom stereocenters. The Morgan fingerprint density at radius 1 is 0.971 bits per heavy atom. The van der Waals surface area contributed by atoms with Crippen molar-refractivity contribution in [2.45, 2.75) is 19.9 Å². The van der Waals surface area contributed by atoms with Gasteiger partial charge in [-0.15, -0.1) is 0 Å². The molecule has 0 radical (unpaired) electrons. The van der Waals surface area contributed by atoms with Crippen LogP contribution in [0.2, 0.25) is 5.02 Å². The van der Waals surface area contributed by atoms with E-state index in [0.29, 0.717) is 18.4 Å². The summed E-state index contributed by atoms with van der Waals surface area (Å²) in [5, 5.41) is 7.43. The molecular weight excluding hydrogens is 446 g/mol. The van der Waals surface area contributed by atoms with Crippen LogP contribution in [-0.4, -0.2) is 27.6 Å². The predicted octanol–water partition coefficient (Wildman–Crippen LogP) is 5.04. The average molecular weight is 470 g/mol. The highest BCUT2D eigenvalue weighted by Crippen LogP contribution is 2.65. The van der Waals surface area contributed by atoms with Gasteiger partial charge >= 0.3 is 0 Å². The summed E-state index contributed by atoms with van der Waals surface area (Å²) in [4.78, 5) is 26.6. The lowest BCUT2D eigenvalue weighted by atomic mass is 9.63. The Hall–Kier alpha value is -3.18. The molecule has 2 amide bonds. The van der Waals surface area contributed by atoms with Crippen molar-refractivity contribution in [1.29, 1.82) is 0 Å². The molecule has 6 atom stereocenters. The number of imide groups is 1. The van der Waals surface area contributed by atoms with Crippen LogP contribution in [0.5, 0.6) is 0 Å². The number of hydrogen-bond donors (Lipinski definition) is 0. The van der Waals surface area contributed by atoms with Crippen molar-refractivity contribution in [3.8, 4) is 0 Å². The van der Waals surface area contributed by atoms with Gasteiger partial charge in [0.2, 0.25) is 0 Å². The van der Waals surface area contributed by atoms with Crippen LogP contribution in [-0.2, 0) is 16.1 Å². The van der Waals surface area contributed by atoms with E-state index < -0.39 is 0 Å². The van der Waals surface area contributed by atoms with Crippen LogP contribution in [0, 0.1) is 42.4 Å². The number of fused-ring (bicyclic) bond motifs is 1. The highest BCUT2D eigenvalue weighted by molar-refractivity contribution is 6.31. The molecule has 1 aromatic heterocycles. The maximum Gasteiger partial charge on any atom is 0.254 e. The minimum Gasteiger partial charge on any atom is -0.340 e. The van der Waals surface area contributed by atoms with Crippen molar-refractivity contribution in [3.05, 3.63) is 82.5 Å². The molecule has 0 spiro atoms. The molecule has 0 N–H and O–H groups in total. The summed E-state index contributed by atoms with van der Waals surface area (Å²) in [5.74, 6) is 0.856. The lowest BCUT2D eigenvalue weighted by molar-refractivity contribution is -0.140. The Balaban J connectivity index is 1.25. The van der Waals surface area contributed by atoms with E-state index in [9.17, 15) is 9.59 Å².